The number of aliphatic hydroxyl groups excluding tert-OH is 1. The number of urea groups is 1. The molecule has 54 heteroatoms. The predicted octanol–water partition coefficient (Wildman–Crippen LogP) is 5.89. The van der Waals surface area contributed by atoms with Crippen LogP contribution >= 0.6 is 45.3 Å². The number of benzene rings is 6. The molecule has 1 fully saturated rings. The van der Waals surface area contributed by atoms with Crippen molar-refractivity contribution in [1.82, 2.24) is 94.3 Å². The van der Waals surface area contributed by atoms with Gasteiger partial charge in [0.25, 0.3) is 34.7 Å². The number of H-pyrrole nitrogens is 3. The monoisotopic (exact) mass is 2020 g/mol. The van der Waals surface area contributed by atoms with Crippen LogP contribution in [0.25, 0.3) is 21.6 Å². The number of para-hydroxylation sites is 1. The Morgan fingerprint density at radius 3 is 1.77 bits per heavy atom. The number of ether oxygens (including phenoxy) is 2. The van der Waals surface area contributed by atoms with Crippen LogP contribution < -0.4 is 123 Å². The van der Waals surface area contributed by atoms with Crippen LogP contribution in [-0.4, -0.2) is 224 Å². The summed E-state index contributed by atoms with van der Waals surface area (Å²) in [5.74, 6) is 4.29. The van der Waals surface area contributed by atoms with E-state index < -0.39 is 25.9 Å². The molecule has 7 aromatic heterocycles. The van der Waals surface area contributed by atoms with Gasteiger partial charge in [0.05, 0.1) is 43.4 Å². The summed E-state index contributed by atoms with van der Waals surface area (Å²) < 4.78 is 58.8. The molecule has 0 spiro atoms. The minimum Gasteiger partial charge on any atom is -0.768 e. The third-order valence-electron chi connectivity index (χ3n) is 16.2. The van der Waals surface area contributed by atoms with E-state index >= 15 is 0 Å². The maximum atomic E-state index is 11.3. The average Bonchev–Trinajstić information content (AvgIpc) is 1.78. The summed E-state index contributed by atoms with van der Waals surface area (Å²) >= 11 is 8.49. The molecule has 2 atom stereocenters. The van der Waals surface area contributed by atoms with Crippen molar-refractivity contribution in [1.29, 1.82) is 0 Å². The Kier molecular flexibility index (Phi) is 61.3. The van der Waals surface area contributed by atoms with Crippen molar-refractivity contribution < 1.29 is 136 Å². The molecule has 135 heavy (non-hydrogen) atoms. The summed E-state index contributed by atoms with van der Waals surface area (Å²) in [7, 11) is 2.05. The Labute approximate surface area is 846 Å². The first-order chi connectivity index (χ1) is 63.9. The number of hydrogen-bond donors (Lipinski definition) is 18. The number of amides is 2. The van der Waals surface area contributed by atoms with Gasteiger partial charge < -0.3 is 67.2 Å². The molecule has 2 unspecified atom stereocenters. The van der Waals surface area contributed by atoms with Gasteiger partial charge in [-0.3, -0.25) is 48.9 Å². The first-order valence-corrected chi connectivity index (χ1v) is 47.5. The fraction of sp³-hybridized carbons (Fsp3) is 0.321. The Balaban J connectivity index is 0.000000504. The smallest absolute Gasteiger partial charge is 0.768 e. The van der Waals surface area contributed by atoms with Crippen LogP contribution in [-0.2, 0) is 41.1 Å². The molecule has 45 nitrogen and oxygen atoms in total. The second-order valence-corrected chi connectivity index (χ2v) is 33.8. The van der Waals surface area contributed by atoms with Gasteiger partial charge in [0.2, 0.25) is 28.6 Å². The number of carboxylic acids is 1. The average molecular weight is 2020 g/mol. The molecule has 1 saturated heterocycles. The van der Waals surface area contributed by atoms with Crippen LogP contribution in [0.1, 0.15) is 113 Å². The molecule has 6 aromatic carbocycles. The molecule has 18 N–H and O–H groups in total. The number of esters is 1. The fourth-order valence-corrected chi connectivity index (χ4v) is 15.0. The zero-order chi connectivity index (χ0) is 97.9. The fourth-order valence-electron chi connectivity index (χ4n) is 9.91. The molecular formula is C81H107N27Na2O18S7. The van der Waals surface area contributed by atoms with Crippen molar-refractivity contribution in [3.8, 4) is 17.2 Å². The van der Waals surface area contributed by atoms with Crippen LogP contribution in [0.15, 0.2) is 189 Å². The summed E-state index contributed by atoms with van der Waals surface area (Å²) in [5, 5.41) is 85.3. The molecule has 0 saturated carbocycles. The largest absolute Gasteiger partial charge is 1.00 e. The second kappa shape index (κ2) is 68.9. The van der Waals surface area contributed by atoms with Crippen molar-refractivity contribution in [2.24, 2.45) is 0 Å². The molecule has 13 aromatic rings. The SMILES string of the molecule is CCCCOC(=O)c1ccc(O)cc1.CCN(CC)c1nc(NO)nc(NO)n1.CCNc1nc(NO)nc(NCC)n1.CNC(=O)Nc1cccc(-n2[nH]nnc2=S)c1.Cc1cc(=O)n2[nH]cnc2n1.Cc1ccc(S(=O)[O-])cc1.Cc1nc(C)nc(NO)n1.O=C(O)CCCCC1CCSS1.O=S(=O)([S-])c1ccccc1.O=c1[nH]sc2ccccc12.OCCOc1ccccc1.[Na+].[Na+]. The number of aromatic hydroxyl groups is 1. The molecule has 0 aliphatic carbocycles. The van der Waals surface area contributed by atoms with Crippen LogP contribution in [0.2, 0.25) is 0 Å². The number of nitrogens with zero attached hydrogens (tertiary/aromatic N) is 16. The molecule has 14 rings (SSSR count). The number of aromatic amines is 3. The summed E-state index contributed by atoms with van der Waals surface area (Å²) in [5.41, 5.74) is 10.8. The zero-order valence-corrected chi connectivity index (χ0v) is 85.7. The number of aromatic nitrogens is 18. The number of hydrogen-bond acceptors (Lipinski definition) is 42. The Hall–Kier alpha value is -11.0. The second-order valence-electron chi connectivity index (χ2n) is 26.2. The van der Waals surface area contributed by atoms with E-state index in [0.717, 1.165) is 71.1 Å². The number of carbonyl (C=O) groups excluding carboxylic acids is 2. The van der Waals surface area contributed by atoms with E-state index in [4.69, 9.17) is 57.8 Å². The molecule has 1 aliphatic heterocycles. The van der Waals surface area contributed by atoms with Gasteiger partial charge in [-0.15, -0.1) is 0 Å². The number of phenols is 1. The Morgan fingerprint density at radius 2 is 1.26 bits per heavy atom. The molecule has 1 aliphatic rings. The van der Waals surface area contributed by atoms with E-state index in [1.54, 1.807) is 112 Å². The summed E-state index contributed by atoms with van der Waals surface area (Å²) in [6.07, 6.45) is 8.08. The minimum absolute atomic E-state index is 0. The van der Waals surface area contributed by atoms with E-state index in [9.17, 15) is 41.2 Å². The Morgan fingerprint density at radius 1 is 0.689 bits per heavy atom. The van der Waals surface area contributed by atoms with Crippen LogP contribution in [0.3, 0.4) is 0 Å². The molecule has 2 amide bonds. The van der Waals surface area contributed by atoms with Crippen molar-refractivity contribution in [3.63, 3.8) is 0 Å². The van der Waals surface area contributed by atoms with Crippen LogP contribution in [0, 0.1) is 32.5 Å². The van der Waals surface area contributed by atoms with Crippen molar-refractivity contribution in [2.45, 2.75) is 122 Å². The molecule has 718 valence electrons. The third-order valence-corrected chi connectivity index (χ3v) is 22.4. The number of aliphatic carboxylic acids is 1. The number of unbranched alkanes of at least 4 members (excludes halogenated alkanes) is 2. The van der Waals surface area contributed by atoms with Gasteiger partial charge in [0.15, 0.2) is 0 Å². The van der Waals surface area contributed by atoms with Gasteiger partial charge >= 0.3 is 77.1 Å². The van der Waals surface area contributed by atoms with Gasteiger partial charge in [-0.25, -0.2) is 59.6 Å². The number of fused-ring (bicyclic) bond motifs is 2. The number of aryl methyl sites for hydroxylation is 4. The Bertz CT molecular complexity index is 5820. The number of aliphatic hydroxyl groups is 1. The van der Waals surface area contributed by atoms with Gasteiger partial charge in [-0.05, 0) is 195 Å². The van der Waals surface area contributed by atoms with Crippen LogP contribution in [0.4, 0.5) is 52.1 Å². The number of nitrogens with one attached hydrogen (secondary N) is 11. The van der Waals surface area contributed by atoms with E-state index in [2.05, 4.69) is 113 Å². The number of anilines is 8. The molecular weight excluding hydrogens is 1910 g/mol. The van der Waals surface area contributed by atoms with E-state index in [1.165, 1.54) is 76.0 Å². The van der Waals surface area contributed by atoms with Gasteiger partial charge in [-0.1, -0.05) is 135 Å². The maximum Gasteiger partial charge on any atom is 1.00 e. The number of tetrazole rings is 1. The zero-order valence-electron chi connectivity index (χ0n) is 76.0. The first-order valence-electron chi connectivity index (χ1n) is 40.4. The summed E-state index contributed by atoms with van der Waals surface area (Å²) in [6.45, 7) is 20.7. The van der Waals surface area contributed by atoms with Crippen LogP contribution in [0.5, 0.6) is 11.5 Å². The minimum atomic E-state index is -3.42. The summed E-state index contributed by atoms with van der Waals surface area (Å²) in [6, 6.07) is 46.0. The predicted molar refractivity (Wildman–Crippen MR) is 514 cm³/mol. The van der Waals surface area contributed by atoms with Gasteiger partial charge in [-0.2, -0.15) is 49.6 Å². The number of carbonyl (C=O) groups is 3. The quantitative estimate of drug-likeness (QED) is 0.00417. The van der Waals surface area contributed by atoms with Crippen molar-refractivity contribution >= 4 is 158 Å². The van der Waals surface area contributed by atoms with Crippen molar-refractivity contribution in [2.75, 3.05) is 102 Å². The summed E-state index contributed by atoms with van der Waals surface area (Å²) in [4.78, 5) is 99.8. The van der Waals surface area contributed by atoms with E-state index in [-0.39, 0.29) is 123 Å². The first kappa shape index (κ1) is 120. The molecule has 0 bridgehead atoms. The maximum absolute atomic E-state index is 11.3. The number of rotatable bonds is 27. The number of carboxylic acid groups (broad SMARTS) is 1. The number of phenolic OH excluding ortho intramolecular Hbond substituents is 1. The molecule has 8 heterocycles. The van der Waals surface area contributed by atoms with E-state index in [1.807, 2.05) is 140 Å². The van der Waals surface area contributed by atoms with E-state index in [0.29, 0.717) is 94.6 Å². The standard InChI is InChI=1S/C11H14O3.C9H10N6OS.C8H14O2S2.C8H10O2.C7H14N6O2.C7H14N6O.C7H5NOS.C7H8O2S.C6H6N4O.C6H6O2S2.C5H8N4O.2Na/c1-2-3-8-14-11(13)9-4-6-10(12)7-5-9;1-10-8(16)11-6-3-2-4-7(5-6)15-9(17)12-13-14-15;9-8(10)4-2-1-3-7-5-6-11-12-7;9-6-7-10-8-4-2-1-3-5-8;1-3-13(4-2)7-9-5(11-14)8-6(10-7)12-15;1-3-8-5-10-6(9-4-2)12-7(11-5)13-14;9-7-5-3-1-2-4-6(5)10-8-7;1-6-2-4-7(5-3-6)10(8)9;1-4-2-5(11)10-6(9-4)7-3-8-10;7-10(8,9)6-4-2-1-3-5-6;1-3-6-4(2)8-5(7-3)9-10;;/h4-7,12H,2-3,8H2,1H3;2-5H,1H3,(H2,10,11,16)(H,12,14,17);7H,1-6H2,(H,9,10);1-5,9H,6-7H2;14-15H,3-4H2,1-2H3,(H2,8,9,10,11,12);14H,3-4H2,1-2H3,(H3,8,9,10,11,12,13);1-4H,(H,8,9);2-5H,1H3,(H,8,9);2-3H,1H3,(H,7,8,9);1-5H,(H,7,8,9);10H,1-2H3,(H,6,7,8,9);;/q;;;;;;;;;;;2*+1/p-2. The molecule has 0 radical (unpaired) electrons. The topological polar surface area (TPSA) is 643 Å². The normalized spacial score (nSPS) is 11.2. The third kappa shape index (κ3) is 48.9. The van der Waals surface area contributed by atoms with Crippen molar-refractivity contribution in [3.05, 3.63) is 224 Å². The van der Waals surface area contributed by atoms with Gasteiger partial charge in [0, 0.05) is 77.9 Å². The van der Waals surface area contributed by atoms with Gasteiger partial charge in [0.1, 0.15) is 36.1 Å².